The summed E-state index contributed by atoms with van der Waals surface area (Å²) < 4.78 is 3.01. The zero-order valence-electron chi connectivity index (χ0n) is 9.59. The Morgan fingerprint density at radius 3 is 2.94 bits per heavy atom. The Labute approximate surface area is 121 Å². The molecule has 0 spiro atoms. The molecule has 0 unspecified atom stereocenters. The highest BCUT2D eigenvalue weighted by Crippen LogP contribution is 2.30. The van der Waals surface area contributed by atoms with Gasteiger partial charge in [-0.05, 0) is 28.9 Å². The molecule has 0 bridgehead atoms. The molecule has 0 aliphatic carbocycles. The second-order valence-corrected chi connectivity index (χ2v) is 6.20. The summed E-state index contributed by atoms with van der Waals surface area (Å²) in [5.74, 6) is 0.679. The first-order valence-electron chi connectivity index (χ1n) is 5.20. The molecule has 18 heavy (non-hydrogen) atoms. The summed E-state index contributed by atoms with van der Waals surface area (Å²) in [6.07, 6.45) is 0. The van der Waals surface area contributed by atoms with Gasteiger partial charge in [-0.15, -0.1) is 21.5 Å². The number of nitrogens with two attached hydrogens (primary N) is 1. The summed E-state index contributed by atoms with van der Waals surface area (Å²) >= 11 is 6.33. The van der Waals surface area contributed by atoms with E-state index in [0.29, 0.717) is 0 Å². The fraction of sp³-hybridized carbons (Fsp3) is 0.300. The van der Waals surface area contributed by atoms with Gasteiger partial charge in [-0.1, -0.05) is 11.8 Å². The largest absolute Gasteiger partial charge is 0.369 e. The number of rotatable bonds is 5. The number of carbonyl (C=O) groups is 1. The van der Waals surface area contributed by atoms with Crippen molar-refractivity contribution in [1.29, 1.82) is 0 Å². The van der Waals surface area contributed by atoms with Crippen LogP contribution in [0.25, 0.3) is 10.7 Å². The molecule has 2 N–H and O–H groups in total. The van der Waals surface area contributed by atoms with Gasteiger partial charge in [0.15, 0.2) is 11.0 Å². The van der Waals surface area contributed by atoms with Crippen molar-refractivity contribution in [2.45, 2.75) is 18.6 Å². The number of nitrogens with zero attached hydrogens (tertiary/aromatic N) is 3. The lowest BCUT2D eigenvalue weighted by atomic mass is 10.4. The Morgan fingerprint density at radius 1 is 1.61 bits per heavy atom. The first-order chi connectivity index (χ1) is 8.61. The topological polar surface area (TPSA) is 73.8 Å². The number of hydrogen-bond donors (Lipinski definition) is 1. The van der Waals surface area contributed by atoms with Gasteiger partial charge < -0.3 is 10.3 Å². The van der Waals surface area contributed by atoms with Crippen LogP contribution in [0.2, 0.25) is 0 Å². The molecule has 0 atom stereocenters. The van der Waals surface area contributed by atoms with Crippen LogP contribution in [0, 0.1) is 0 Å². The van der Waals surface area contributed by atoms with Crippen LogP contribution < -0.4 is 5.73 Å². The second-order valence-electron chi connectivity index (χ2n) is 3.43. The van der Waals surface area contributed by atoms with E-state index in [1.165, 1.54) is 11.8 Å². The highest BCUT2D eigenvalue weighted by atomic mass is 79.9. The predicted molar refractivity (Wildman–Crippen MR) is 76.6 cm³/mol. The van der Waals surface area contributed by atoms with Crippen LogP contribution in [-0.2, 0) is 11.3 Å². The zero-order valence-corrected chi connectivity index (χ0v) is 12.8. The van der Waals surface area contributed by atoms with Crippen LogP contribution in [-0.4, -0.2) is 26.4 Å². The molecule has 0 aromatic carbocycles. The lowest BCUT2D eigenvalue weighted by Crippen LogP contribution is -2.13. The molecule has 8 heteroatoms. The minimum atomic E-state index is -0.355. The van der Waals surface area contributed by atoms with Gasteiger partial charge in [-0.2, -0.15) is 0 Å². The van der Waals surface area contributed by atoms with Gasteiger partial charge in [-0.3, -0.25) is 4.79 Å². The van der Waals surface area contributed by atoms with Gasteiger partial charge in [0.1, 0.15) is 0 Å². The molecule has 0 saturated heterocycles. The van der Waals surface area contributed by atoms with Gasteiger partial charge in [-0.25, -0.2) is 0 Å². The summed E-state index contributed by atoms with van der Waals surface area (Å²) in [5, 5.41) is 11.0. The number of carbonyl (C=O) groups excluding carboxylic acids is 1. The molecular formula is C10H11BrN4OS2. The zero-order chi connectivity index (χ0) is 13.1. The summed E-state index contributed by atoms with van der Waals surface area (Å²) in [5.41, 5.74) is 5.13. The van der Waals surface area contributed by atoms with Crippen molar-refractivity contribution in [2.75, 3.05) is 5.75 Å². The fourth-order valence-electron chi connectivity index (χ4n) is 1.43. The third-order valence-electron chi connectivity index (χ3n) is 2.16. The number of amides is 1. The van der Waals surface area contributed by atoms with Crippen LogP contribution >= 0.6 is 39.0 Å². The van der Waals surface area contributed by atoms with Gasteiger partial charge in [0, 0.05) is 16.4 Å². The van der Waals surface area contributed by atoms with E-state index in [-0.39, 0.29) is 11.7 Å². The van der Waals surface area contributed by atoms with Crippen LogP contribution in [0.15, 0.2) is 21.1 Å². The summed E-state index contributed by atoms with van der Waals surface area (Å²) in [6, 6.07) is 2.00. The first-order valence-corrected chi connectivity index (χ1v) is 7.86. The lowest BCUT2D eigenvalue weighted by Gasteiger charge is -2.04. The maximum Gasteiger partial charge on any atom is 0.227 e. The molecule has 2 heterocycles. The van der Waals surface area contributed by atoms with E-state index >= 15 is 0 Å². The quantitative estimate of drug-likeness (QED) is 0.843. The van der Waals surface area contributed by atoms with Crippen LogP contribution in [0.3, 0.4) is 0 Å². The number of halogens is 1. The van der Waals surface area contributed by atoms with Gasteiger partial charge in [0.2, 0.25) is 5.91 Å². The van der Waals surface area contributed by atoms with Crippen LogP contribution in [0.1, 0.15) is 6.92 Å². The van der Waals surface area contributed by atoms with Crippen molar-refractivity contribution in [2.24, 2.45) is 5.73 Å². The molecule has 0 aliphatic heterocycles. The molecule has 0 fully saturated rings. The van der Waals surface area contributed by atoms with Gasteiger partial charge in [0.25, 0.3) is 0 Å². The molecule has 5 nitrogen and oxygen atoms in total. The van der Waals surface area contributed by atoms with E-state index in [0.717, 1.165) is 26.9 Å². The van der Waals surface area contributed by atoms with Gasteiger partial charge in [0.05, 0.1) is 10.6 Å². The third-order valence-corrected chi connectivity index (χ3v) is 4.84. The van der Waals surface area contributed by atoms with E-state index in [1.54, 1.807) is 11.3 Å². The Hall–Kier alpha value is -0.860. The summed E-state index contributed by atoms with van der Waals surface area (Å²) in [4.78, 5) is 11.8. The molecule has 0 saturated carbocycles. The number of thiophene rings is 1. The maximum atomic E-state index is 10.8. The number of hydrogen-bond acceptors (Lipinski definition) is 5. The predicted octanol–water partition coefficient (Wildman–Crippen LogP) is 2.37. The fourth-order valence-corrected chi connectivity index (χ4v) is 3.59. The Balaban J connectivity index is 2.29. The minimum absolute atomic E-state index is 0.215. The second kappa shape index (κ2) is 5.85. The maximum absolute atomic E-state index is 10.8. The standard InChI is InChI=1S/C10H11BrN4OS2/c1-2-15-9(7-3-6(11)4-17-7)13-14-10(15)18-5-8(12)16/h3-4H,2,5H2,1H3,(H2,12,16). The molecule has 2 aromatic rings. The number of aromatic nitrogens is 3. The molecule has 0 aliphatic rings. The number of thioether (sulfide) groups is 1. The van der Waals surface area contributed by atoms with Crippen molar-refractivity contribution >= 4 is 44.9 Å². The Morgan fingerprint density at radius 2 is 2.39 bits per heavy atom. The van der Waals surface area contributed by atoms with Gasteiger partial charge >= 0.3 is 0 Å². The van der Waals surface area contributed by atoms with Crippen molar-refractivity contribution in [1.82, 2.24) is 14.8 Å². The van der Waals surface area contributed by atoms with Crippen LogP contribution in [0.5, 0.6) is 0 Å². The molecular weight excluding hydrogens is 336 g/mol. The van der Waals surface area contributed by atoms with Crippen molar-refractivity contribution in [3.05, 3.63) is 15.9 Å². The van der Waals surface area contributed by atoms with Crippen molar-refractivity contribution < 1.29 is 4.79 Å². The number of primary amides is 1. The first kappa shape index (κ1) is 13.6. The molecule has 0 radical (unpaired) electrons. The molecule has 2 rings (SSSR count). The van der Waals surface area contributed by atoms with E-state index in [4.69, 9.17) is 5.73 Å². The monoisotopic (exact) mass is 346 g/mol. The Bertz CT molecular complexity index is 566. The highest BCUT2D eigenvalue weighted by molar-refractivity contribution is 9.10. The smallest absolute Gasteiger partial charge is 0.227 e. The SMILES string of the molecule is CCn1c(SCC(N)=O)nnc1-c1cc(Br)cs1. The molecule has 2 aromatic heterocycles. The summed E-state index contributed by atoms with van der Waals surface area (Å²) in [6.45, 7) is 2.77. The molecule has 1 amide bonds. The van der Waals surface area contributed by atoms with Crippen LogP contribution in [0.4, 0.5) is 0 Å². The normalized spacial score (nSPS) is 10.8. The summed E-state index contributed by atoms with van der Waals surface area (Å²) in [7, 11) is 0. The van der Waals surface area contributed by atoms with Crippen molar-refractivity contribution in [3.8, 4) is 10.7 Å². The van der Waals surface area contributed by atoms with E-state index in [2.05, 4.69) is 26.1 Å². The lowest BCUT2D eigenvalue weighted by molar-refractivity contribution is -0.115. The Kier molecular flexibility index (Phi) is 4.41. The van der Waals surface area contributed by atoms with Crippen molar-refractivity contribution in [3.63, 3.8) is 0 Å². The highest BCUT2D eigenvalue weighted by Gasteiger charge is 2.15. The third kappa shape index (κ3) is 2.93. The van der Waals surface area contributed by atoms with E-state index in [1.807, 2.05) is 22.9 Å². The van der Waals surface area contributed by atoms with E-state index in [9.17, 15) is 4.79 Å². The average Bonchev–Trinajstić information content (AvgIpc) is 2.91. The minimum Gasteiger partial charge on any atom is -0.369 e. The molecule has 96 valence electrons. The van der Waals surface area contributed by atoms with E-state index < -0.39 is 0 Å². The average molecular weight is 347 g/mol.